The van der Waals surface area contributed by atoms with E-state index in [-0.39, 0.29) is 44.5 Å². The van der Waals surface area contributed by atoms with Crippen molar-refractivity contribution in [1.29, 1.82) is 0 Å². The Bertz CT molecular complexity index is 2090. The summed E-state index contributed by atoms with van der Waals surface area (Å²) in [6.07, 6.45) is 11.1. The number of esters is 1. The second-order valence-corrected chi connectivity index (χ2v) is 16.9. The largest absolute Gasteiger partial charge is 0.507 e. The molecule has 5 bridgehead atoms. The van der Waals surface area contributed by atoms with Crippen molar-refractivity contribution in [2.24, 2.45) is 28.8 Å². The molecule has 0 spiro atoms. The Kier molecular flexibility index (Phi) is 15.2. The van der Waals surface area contributed by atoms with Gasteiger partial charge in [-0.25, -0.2) is 0 Å². The number of fused-ring (bicyclic) bond motifs is 14. The van der Waals surface area contributed by atoms with Gasteiger partial charge in [-0.2, -0.15) is 5.10 Å². The number of methoxy groups -OCH3 is 1. The molecular formula is C46H63N3O12. The molecule has 1 saturated heterocycles. The number of carbonyl (C=O) groups is 3. The quantitative estimate of drug-likeness (QED) is 0.0814. The van der Waals surface area contributed by atoms with Crippen molar-refractivity contribution >= 4 is 40.3 Å². The third-order valence-corrected chi connectivity index (χ3v) is 12.5. The molecule has 2 aromatic carbocycles. The normalized spacial score (nSPS) is 31.7. The van der Waals surface area contributed by atoms with Gasteiger partial charge in [0.25, 0.3) is 11.7 Å². The number of rotatable bonds is 4. The fourth-order valence-electron chi connectivity index (χ4n) is 8.53. The Morgan fingerprint density at radius 1 is 0.902 bits per heavy atom. The zero-order chi connectivity index (χ0) is 44.9. The summed E-state index contributed by atoms with van der Waals surface area (Å²) < 4.78 is 23.7. The van der Waals surface area contributed by atoms with E-state index >= 15 is 0 Å². The van der Waals surface area contributed by atoms with Crippen molar-refractivity contribution in [2.75, 3.05) is 25.5 Å². The van der Waals surface area contributed by atoms with Crippen molar-refractivity contribution in [3.63, 3.8) is 0 Å². The first-order valence-electron chi connectivity index (χ1n) is 21.2. The van der Waals surface area contributed by atoms with Gasteiger partial charge in [-0.1, -0.05) is 71.6 Å². The summed E-state index contributed by atoms with van der Waals surface area (Å²) in [5.41, 5.74) is -0.276. The zero-order valence-electron chi connectivity index (χ0n) is 36.7. The number of Topliss-reactive ketones (excluding diaryl/α,β-unsaturated/α-hetero) is 1. The molecule has 0 saturated carbocycles. The van der Waals surface area contributed by atoms with Crippen LogP contribution in [0, 0.1) is 30.6 Å². The highest BCUT2D eigenvalue weighted by atomic mass is 16.7. The Hall–Kier alpha value is -5.12. The van der Waals surface area contributed by atoms with E-state index in [2.05, 4.69) is 10.4 Å². The Balaban J connectivity index is 1.71. The van der Waals surface area contributed by atoms with Crippen LogP contribution in [0.4, 0.5) is 5.69 Å². The number of anilines is 1. The minimum atomic E-state index is -2.04. The lowest BCUT2D eigenvalue weighted by atomic mass is 9.78. The summed E-state index contributed by atoms with van der Waals surface area (Å²) in [5, 5.41) is 67.5. The molecule has 61 heavy (non-hydrogen) atoms. The fraction of sp³-hybridized carbons (Fsp3) is 0.565. The number of nitrogens with zero attached hydrogens (tertiary/aromatic N) is 2. The molecule has 4 aliphatic rings. The Morgan fingerprint density at radius 2 is 1.54 bits per heavy atom. The number of ether oxygens (including phenoxy) is 4. The molecule has 9 atom stereocenters. The van der Waals surface area contributed by atoms with Crippen LogP contribution in [-0.2, 0) is 23.8 Å². The van der Waals surface area contributed by atoms with E-state index in [1.54, 1.807) is 39.8 Å². The molecule has 4 aliphatic heterocycles. The molecule has 6 rings (SSSR count). The number of carbonyl (C=O) groups excluding carboxylic acids is 3. The number of aliphatic hydroxyl groups is 2. The molecule has 0 aromatic heterocycles. The first kappa shape index (κ1) is 46.9. The van der Waals surface area contributed by atoms with E-state index in [9.17, 15) is 39.9 Å². The molecule has 6 N–H and O–H groups in total. The number of aromatic hydroxyl groups is 3. The minimum absolute atomic E-state index is 0.0645. The average molecular weight is 850 g/mol. The smallest absolute Gasteiger partial charge is 0.312 e. The van der Waals surface area contributed by atoms with E-state index in [1.165, 1.54) is 59.4 Å². The van der Waals surface area contributed by atoms with Gasteiger partial charge in [0.15, 0.2) is 5.75 Å². The second-order valence-electron chi connectivity index (χ2n) is 16.9. The van der Waals surface area contributed by atoms with Crippen LogP contribution in [0.15, 0.2) is 41.2 Å². The molecule has 15 nitrogen and oxygen atoms in total. The van der Waals surface area contributed by atoms with Crippen molar-refractivity contribution in [1.82, 2.24) is 5.01 Å². The zero-order valence-corrected chi connectivity index (χ0v) is 36.7. The van der Waals surface area contributed by atoms with Crippen molar-refractivity contribution < 1.29 is 58.9 Å². The predicted molar refractivity (Wildman–Crippen MR) is 231 cm³/mol. The van der Waals surface area contributed by atoms with Crippen LogP contribution in [0.1, 0.15) is 108 Å². The van der Waals surface area contributed by atoms with Gasteiger partial charge in [-0.3, -0.25) is 19.4 Å². The molecule has 1 amide bonds. The number of amides is 1. The molecule has 4 heterocycles. The number of benzene rings is 2. The lowest BCUT2D eigenvalue weighted by Crippen LogP contribution is -2.46. The lowest BCUT2D eigenvalue weighted by Gasteiger charge is -2.38. The van der Waals surface area contributed by atoms with Gasteiger partial charge in [0.05, 0.1) is 53.0 Å². The standard InChI is InChI=1S/C46H63N3O12/c1-24-17-16-18-25(2)45(57)48-36-31(23-47-49-20-14-12-10-11-13-15-21-49)40(54)33-34(41(36)55)39(53)29(6)43-35(33)44(56)46(8,61-43)59-22-19-32(58-9)26(3)42(60-30(7)50)28(5)38(52)27(4)37(24)51/h16-19,22-24,26-28,32,37-38,42,51-55H,10-15,20-21H2,1-9H3,(H,48,57)/b17-16+,22-19+,25-18-,47-23+/t24-,26+,27+,28+,32-,37-,38+,42+,46-/m0/s1. The number of nitrogens with one attached hydrogen (secondary N) is 1. The molecule has 334 valence electrons. The molecule has 0 unspecified atom stereocenters. The molecular weight excluding hydrogens is 787 g/mol. The van der Waals surface area contributed by atoms with Crippen LogP contribution in [-0.4, -0.2) is 105 Å². The first-order chi connectivity index (χ1) is 28.8. The van der Waals surface area contributed by atoms with Gasteiger partial charge >= 0.3 is 11.8 Å². The first-order valence-corrected chi connectivity index (χ1v) is 21.2. The number of allylic oxidation sites excluding steroid dienone is 2. The van der Waals surface area contributed by atoms with E-state index in [0.717, 1.165) is 38.5 Å². The summed E-state index contributed by atoms with van der Waals surface area (Å²) in [5.74, 6) is -8.25. The van der Waals surface area contributed by atoms with Crippen LogP contribution in [0.25, 0.3) is 10.8 Å². The lowest BCUT2D eigenvalue weighted by molar-refractivity contribution is -0.160. The molecule has 0 aliphatic carbocycles. The van der Waals surface area contributed by atoms with Crippen LogP contribution < -0.4 is 10.1 Å². The highest BCUT2D eigenvalue weighted by Gasteiger charge is 2.50. The number of ketones is 1. The summed E-state index contributed by atoms with van der Waals surface area (Å²) in [7, 11) is 1.44. The number of hydrogen-bond donors (Lipinski definition) is 6. The topological polar surface area (TPSA) is 217 Å². The van der Waals surface area contributed by atoms with Crippen LogP contribution in [0.3, 0.4) is 0 Å². The maximum atomic E-state index is 14.5. The summed E-state index contributed by atoms with van der Waals surface area (Å²) in [6, 6.07) is 0. The van der Waals surface area contributed by atoms with E-state index in [1.807, 2.05) is 5.01 Å². The average Bonchev–Trinajstić information content (AvgIpc) is 3.56. The molecule has 1 fully saturated rings. The summed E-state index contributed by atoms with van der Waals surface area (Å²) in [6.45, 7) is 13.9. The Morgan fingerprint density at radius 3 is 2.16 bits per heavy atom. The molecule has 0 radical (unpaired) electrons. The maximum Gasteiger partial charge on any atom is 0.312 e. The highest BCUT2D eigenvalue weighted by Crippen LogP contribution is 2.55. The maximum absolute atomic E-state index is 14.5. The van der Waals surface area contributed by atoms with E-state index in [0.29, 0.717) is 13.1 Å². The Labute approximate surface area is 357 Å². The van der Waals surface area contributed by atoms with Gasteiger partial charge < -0.3 is 49.8 Å². The van der Waals surface area contributed by atoms with Crippen molar-refractivity contribution in [3.8, 4) is 23.0 Å². The van der Waals surface area contributed by atoms with Gasteiger partial charge in [0.1, 0.15) is 23.4 Å². The van der Waals surface area contributed by atoms with Gasteiger partial charge in [0, 0.05) is 74.2 Å². The third kappa shape index (κ3) is 9.84. The number of aliphatic hydroxyl groups excluding tert-OH is 2. The number of hydrogen-bond acceptors (Lipinski definition) is 14. The van der Waals surface area contributed by atoms with E-state index < -0.39 is 88.8 Å². The van der Waals surface area contributed by atoms with Crippen molar-refractivity contribution in [2.45, 2.75) is 124 Å². The fourth-order valence-corrected chi connectivity index (χ4v) is 8.53. The predicted octanol–water partition coefficient (Wildman–Crippen LogP) is 6.74. The van der Waals surface area contributed by atoms with Gasteiger partial charge in [-0.05, 0) is 32.8 Å². The van der Waals surface area contributed by atoms with E-state index in [4.69, 9.17) is 18.9 Å². The monoisotopic (exact) mass is 849 g/mol. The third-order valence-electron chi connectivity index (χ3n) is 12.5. The van der Waals surface area contributed by atoms with Crippen LogP contribution in [0.5, 0.6) is 23.0 Å². The SMILES string of the molecule is CO[C@H]1/C=C/O[C@@]2(C)Oc3c(C)c(O)c4c(O)c(c(/C=N/N5CCCCCCCC5)c(O)c4c3C2=O)NC(=O)/C(C)=C\C=C\[C@H](C)[C@H](O)[C@@H](C)[C@@H](O)[C@@H](C)[C@H](OC(C)=O)[C@@H]1C. The number of phenolic OH excluding ortho intramolecular Hbond substituents is 3. The summed E-state index contributed by atoms with van der Waals surface area (Å²) >= 11 is 0. The minimum Gasteiger partial charge on any atom is -0.507 e. The van der Waals surface area contributed by atoms with Crippen LogP contribution >= 0.6 is 0 Å². The van der Waals surface area contributed by atoms with Crippen molar-refractivity contribution in [3.05, 3.63) is 52.8 Å². The highest BCUT2D eigenvalue weighted by molar-refractivity contribution is 6.23. The molecule has 15 heteroatoms. The van der Waals surface area contributed by atoms with Gasteiger partial charge in [0.2, 0.25) is 0 Å². The number of phenols is 3. The van der Waals surface area contributed by atoms with Crippen LogP contribution in [0.2, 0.25) is 0 Å². The number of hydrazone groups is 1. The second kappa shape index (κ2) is 19.7. The molecule has 2 aromatic rings. The summed E-state index contributed by atoms with van der Waals surface area (Å²) in [4.78, 5) is 40.7. The van der Waals surface area contributed by atoms with Gasteiger partial charge in [-0.15, -0.1) is 0 Å².